The lowest BCUT2D eigenvalue weighted by Gasteiger charge is -2.18. The van der Waals surface area contributed by atoms with Crippen LogP contribution in [-0.2, 0) is 32.2 Å². The number of ether oxygens (including phenoxy) is 3. The average molecular weight is 356 g/mol. The Balaban J connectivity index is 1.79. The van der Waals surface area contributed by atoms with Crippen molar-refractivity contribution in [3.63, 3.8) is 0 Å². The molecule has 3 rings (SSSR count). The summed E-state index contributed by atoms with van der Waals surface area (Å²) in [6.45, 7) is -0.229. The lowest BCUT2D eigenvalue weighted by molar-refractivity contribution is -0.149. The highest BCUT2D eigenvalue weighted by Crippen LogP contribution is 2.29. The van der Waals surface area contributed by atoms with Crippen molar-refractivity contribution < 1.29 is 29.2 Å². The van der Waals surface area contributed by atoms with E-state index in [0.717, 1.165) is 11.1 Å². The minimum Gasteiger partial charge on any atom is -0.485 e. The third-order valence-corrected chi connectivity index (χ3v) is 3.90. The number of carbonyl (C=O) groups is 1. The Morgan fingerprint density at radius 3 is 2.00 bits per heavy atom. The highest BCUT2D eigenvalue weighted by atomic mass is 16.6. The van der Waals surface area contributed by atoms with E-state index in [9.17, 15) is 15.0 Å². The van der Waals surface area contributed by atoms with Gasteiger partial charge in [0, 0.05) is 0 Å². The Morgan fingerprint density at radius 2 is 1.46 bits per heavy atom. The van der Waals surface area contributed by atoms with Crippen molar-refractivity contribution in [2.45, 2.75) is 25.4 Å². The second kappa shape index (κ2) is 8.51. The Kier molecular flexibility index (Phi) is 5.88. The van der Waals surface area contributed by atoms with E-state index in [2.05, 4.69) is 0 Å². The molecule has 0 amide bonds. The summed E-state index contributed by atoms with van der Waals surface area (Å²) in [4.78, 5) is 12.2. The van der Waals surface area contributed by atoms with Crippen molar-refractivity contribution in [3.8, 4) is 0 Å². The summed E-state index contributed by atoms with van der Waals surface area (Å²) in [6.07, 6.45) is -2.38. The number of hydrogen-bond acceptors (Lipinski definition) is 6. The van der Waals surface area contributed by atoms with Crippen LogP contribution in [0.4, 0.5) is 0 Å². The maximum Gasteiger partial charge on any atom is 0.378 e. The fourth-order valence-corrected chi connectivity index (χ4v) is 2.54. The van der Waals surface area contributed by atoms with Crippen molar-refractivity contribution in [1.82, 2.24) is 0 Å². The fraction of sp³-hybridized carbons (Fsp3) is 0.250. The number of esters is 1. The molecule has 0 saturated heterocycles. The van der Waals surface area contributed by atoms with Crippen molar-refractivity contribution in [2.75, 3.05) is 6.61 Å². The molecule has 0 saturated carbocycles. The predicted octanol–water partition coefficient (Wildman–Crippen LogP) is 1.91. The number of carbonyl (C=O) groups excluding carboxylic acids is 1. The van der Waals surface area contributed by atoms with E-state index in [-0.39, 0.29) is 24.7 Å². The number of cyclic esters (lactones) is 1. The molecule has 2 aromatic rings. The molecule has 136 valence electrons. The second-order valence-electron chi connectivity index (χ2n) is 5.82. The molecule has 1 heterocycles. The zero-order valence-corrected chi connectivity index (χ0v) is 14.1. The molecule has 0 aliphatic carbocycles. The van der Waals surface area contributed by atoms with Gasteiger partial charge in [-0.3, -0.25) is 0 Å². The second-order valence-corrected chi connectivity index (χ2v) is 5.82. The van der Waals surface area contributed by atoms with Crippen molar-refractivity contribution >= 4 is 5.97 Å². The molecule has 1 aliphatic rings. The molecule has 6 nitrogen and oxygen atoms in total. The third kappa shape index (κ3) is 4.22. The lowest BCUT2D eigenvalue weighted by atomic mass is 10.1. The average Bonchev–Trinajstić information content (AvgIpc) is 3.01. The van der Waals surface area contributed by atoms with Gasteiger partial charge in [-0.15, -0.1) is 0 Å². The van der Waals surface area contributed by atoms with Crippen LogP contribution in [0.1, 0.15) is 11.1 Å². The topological polar surface area (TPSA) is 85.2 Å². The van der Waals surface area contributed by atoms with Gasteiger partial charge in [-0.05, 0) is 11.1 Å². The van der Waals surface area contributed by atoms with Gasteiger partial charge in [0.1, 0.15) is 19.3 Å². The number of rotatable bonds is 8. The first kappa shape index (κ1) is 18.0. The van der Waals surface area contributed by atoms with Crippen LogP contribution in [0.25, 0.3) is 0 Å². The first-order valence-electron chi connectivity index (χ1n) is 8.26. The normalized spacial score (nSPS) is 17.8. The Bertz CT molecular complexity index is 756. The maximum atomic E-state index is 12.2. The predicted molar refractivity (Wildman–Crippen MR) is 92.5 cm³/mol. The highest BCUT2D eigenvalue weighted by molar-refractivity contribution is 5.89. The molecule has 0 radical (unpaired) electrons. The number of benzene rings is 2. The largest absolute Gasteiger partial charge is 0.485 e. The van der Waals surface area contributed by atoms with Crippen LogP contribution in [0.15, 0.2) is 72.2 Å². The smallest absolute Gasteiger partial charge is 0.378 e. The minimum atomic E-state index is -1.29. The van der Waals surface area contributed by atoms with E-state index < -0.39 is 24.8 Å². The van der Waals surface area contributed by atoms with Crippen LogP contribution in [0, 0.1) is 0 Å². The van der Waals surface area contributed by atoms with Crippen molar-refractivity contribution in [2.24, 2.45) is 0 Å². The summed E-state index contributed by atoms with van der Waals surface area (Å²) >= 11 is 0. The Morgan fingerprint density at radius 1 is 0.923 bits per heavy atom. The molecule has 2 aromatic carbocycles. The van der Waals surface area contributed by atoms with Gasteiger partial charge in [0.2, 0.25) is 5.76 Å². The zero-order valence-electron chi connectivity index (χ0n) is 14.1. The summed E-state index contributed by atoms with van der Waals surface area (Å²) < 4.78 is 16.5. The van der Waals surface area contributed by atoms with Gasteiger partial charge in [0.05, 0.1) is 6.61 Å². The quantitative estimate of drug-likeness (QED) is 0.703. The highest BCUT2D eigenvalue weighted by Gasteiger charge is 2.41. The van der Waals surface area contributed by atoms with E-state index in [1.54, 1.807) is 0 Å². The van der Waals surface area contributed by atoms with E-state index in [0.29, 0.717) is 0 Å². The SMILES string of the molecule is O=C1O[C@H]([C@H](O)CO)C(OCc2ccccc2)=C1OCc1ccccc1. The van der Waals surface area contributed by atoms with Crippen molar-refractivity contribution in [1.29, 1.82) is 0 Å². The molecular formula is C20H20O6. The zero-order chi connectivity index (χ0) is 18.4. The fourth-order valence-electron chi connectivity index (χ4n) is 2.54. The molecule has 2 atom stereocenters. The molecule has 0 bridgehead atoms. The van der Waals surface area contributed by atoms with Crippen LogP contribution >= 0.6 is 0 Å². The molecule has 0 unspecified atom stereocenters. The summed E-state index contributed by atoms with van der Waals surface area (Å²) in [5.41, 5.74) is 1.76. The monoisotopic (exact) mass is 356 g/mol. The summed E-state index contributed by atoms with van der Waals surface area (Å²) in [5, 5.41) is 19.2. The standard InChI is InChI=1S/C20H20O6/c21-11-16(22)17-18(24-12-14-7-3-1-4-8-14)19(20(23)26-17)25-13-15-9-5-2-6-10-15/h1-10,16-17,21-22H,11-13H2/t16-,17-/m1/s1. The molecule has 6 heteroatoms. The molecule has 26 heavy (non-hydrogen) atoms. The summed E-state index contributed by atoms with van der Waals surface area (Å²) in [6, 6.07) is 18.7. The van der Waals surface area contributed by atoms with Gasteiger partial charge in [-0.1, -0.05) is 60.7 Å². The summed E-state index contributed by atoms with van der Waals surface area (Å²) in [7, 11) is 0. The minimum absolute atomic E-state index is 0.0812. The van der Waals surface area contributed by atoms with Crippen LogP contribution in [0.2, 0.25) is 0 Å². The van der Waals surface area contributed by atoms with Gasteiger partial charge in [-0.2, -0.15) is 0 Å². The van der Waals surface area contributed by atoms with Gasteiger partial charge in [-0.25, -0.2) is 4.79 Å². The molecule has 0 aromatic heterocycles. The number of aliphatic hydroxyl groups is 2. The van der Waals surface area contributed by atoms with Crippen LogP contribution in [0.3, 0.4) is 0 Å². The first-order chi connectivity index (χ1) is 12.7. The number of aliphatic hydroxyl groups excluding tert-OH is 2. The summed E-state index contributed by atoms with van der Waals surface area (Å²) in [5.74, 6) is -0.708. The number of hydrogen-bond donors (Lipinski definition) is 2. The van der Waals surface area contributed by atoms with Gasteiger partial charge < -0.3 is 24.4 Å². The van der Waals surface area contributed by atoms with E-state index in [4.69, 9.17) is 14.2 Å². The molecule has 1 aliphatic heterocycles. The van der Waals surface area contributed by atoms with Gasteiger partial charge in [0.15, 0.2) is 11.9 Å². The van der Waals surface area contributed by atoms with E-state index in [1.807, 2.05) is 60.7 Å². The molecule has 0 spiro atoms. The van der Waals surface area contributed by atoms with E-state index in [1.165, 1.54) is 0 Å². The molecule has 0 fully saturated rings. The maximum absolute atomic E-state index is 12.2. The van der Waals surface area contributed by atoms with Crippen LogP contribution in [-0.4, -0.2) is 35.0 Å². The van der Waals surface area contributed by atoms with Gasteiger partial charge >= 0.3 is 5.97 Å². The van der Waals surface area contributed by atoms with Crippen LogP contribution in [0.5, 0.6) is 0 Å². The molecule has 2 N–H and O–H groups in total. The Labute approximate surface area is 151 Å². The first-order valence-corrected chi connectivity index (χ1v) is 8.26. The Hall–Kier alpha value is -2.83. The third-order valence-electron chi connectivity index (χ3n) is 3.90. The molecular weight excluding hydrogens is 336 g/mol. The van der Waals surface area contributed by atoms with Crippen molar-refractivity contribution in [3.05, 3.63) is 83.3 Å². The lowest BCUT2D eigenvalue weighted by Crippen LogP contribution is -2.32. The van der Waals surface area contributed by atoms with Gasteiger partial charge in [0.25, 0.3) is 0 Å². The van der Waals surface area contributed by atoms with Crippen LogP contribution < -0.4 is 0 Å². The van der Waals surface area contributed by atoms with E-state index >= 15 is 0 Å².